The van der Waals surface area contributed by atoms with Crippen molar-refractivity contribution in [1.82, 2.24) is 0 Å². The lowest BCUT2D eigenvalue weighted by molar-refractivity contribution is 0.180. The molecule has 0 amide bonds. The molecule has 1 rings (SSSR count). The molecular formula is C17H22O2. The average molecular weight is 258 g/mol. The van der Waals surface area contributed by atoms with E-state index in [-0.39, 0.29) is 6.10 Å². The van der Waals surface area contributed by atoms with E-state index in [1.165, 1.54) is 5.56 Å². The molecule has 19 heavy (non-hydrogen) atoms. The van der Waals surface area contributed by atoms with Crippen molar-refractivity contribution in [2.24, 2.45) is 0 Å². The highest BCUT2D eigenvalue weighted by atomic mass is 16.5. The van der Waals surface area contributed by atoms with E-state index in [1.807, 2.05) is 25.1 Å². The number of ether oxygens (including phenoxy) is 1. The number of hydrogen-bond acceptors (Lipinski definition) is 2. The minimum Gasteiger partial charge on any atom is -0.497 e. The number of methoxy groups -OCH3 is 1. The van der Waals surface area contributed by atoms with E-state index in [0.717, 1.165) is 24.2 Å². The Balaban J connectivity index is 2.32. The normalized spacial score (nSPS) is 11.3. The van der Waals surface area contributed by atoms with Gasteiger partial charge in [-0.05, 0) is 37.5 Å². The van der Waals surface area contributed by atoms with Gasteiger partial charge in [0.25, 0.3) is 0 Å². The molecule has 0 fully saturated rings. The van der Waals surface area contributed by atoms with Crippen molar-refractivity contribution in [2.75, 3.05) is 7.11 Å². The van der Waals surface area contributed by atoms with Gasteiger partial charge in [-0.2, -0.15) is 0 Å². The molecule has 1 unspecified atom stereocenters. The molecule has 0 aliphatic rings. The van der Waals surface area contributed by atoms with Crippen molar-refractivity contribution in [1.29, 1.82) is 0 Å². The molecule has 102 valence electrons. The zero-order valence-corrected chi connectivity index (χ0v) is 11.8. The van der Waals surface area contributed by atoms with Gasteiger partial charge in [-0.3, -0.25) is 0 Å². The van der Waals surface area contributed by atoms with Crippen LogP contribution >= 0.6 is 0 Å². The van der Waals surface area contributed by atoms with Crippen LogP contribution in [0.3, 0.4) is 0 Å². The molecule has 0 bridgehead atoms. The van der Waals surface area contributed by atoms with Gasteiger partial charge >= 0.3 is 0 Å². The summed E-state index contributed by atoms with van der Waals surface area (Å²) in [6.45, 7) is 5.69. The summed E-state index contributed by atoms with van der Waals surface area (Å²) in [4.78, 5) is 0. The smallest absolute Gasteiger partial charge is 0.119 e. The first-order chi connectivity index (χ1) is 9.11. The monoisotopic (exact) mass is 258 g/mol. The van der Waals surface area contributed by atoms with Crippen molar-refractivity contribution >= 4 is 0 Å². The van der Waals surface area contributed by atoms with Crippen LogP contribution < -0.4 is 4.74 Å². The number of aliphatic hydroxyl groups excluding tert-OH is 1. The fourth-order valence-corrected chi connectivity index (χ4v) is 1.79. The summed E-state index contributed by atoms with van der Waals surface area (Å²) in [5.41, 5.74) is 2.21. The summed E-state index contributed by atoms with van der Waals surface area (Å²) in [7, 11) is 1.67. The summed E-state index contributed by atoms with van der Waals surface area (Å²) in [6.07, 6.45) is 2.46. The maximum atomic E-state index is 9.62. The molecule has 0 aliphatic heterocycles. The Kier molecular flexibility index (Phi) is 6.78. The number of aliphatic hydroxyl groups is 1. The van der Waals surface area contributed by atoms with Crippen LogP contribution in [0.1, 0.15) is 31.7 Å². The van der Waals surface area contributed by atoms with Crippen LogP contribution in [-0.2, 0) is 6.42 Å². The molecule has 1 atom stereocenters. The van der Waals surface area contributed by atoms with Gasteiger partial charge in [0.1, 0.15) is 5.75 Å². The fraction of sp³-hybridized carbons (Fsp3) is 0.412. The minimum atomic E-state index is -0.387. The molecule has 0 aromatic heterocycles. The Morgan fingerprint density at radius 3 is 2.89 bits per heavy atom. The van der Waals surface area contributed by atoms with E-state index in [9.17, 15) is 5.11 Å². The quantitative estimate of drug-likeness (QED) is 0.626. The van der Waals surface area contributed by atoms with Crippen molar-refractivity contribution in [3.05, 3.63) is 42.0 Å². The lowest BCUT2D eigenvalue weighted by Gasteiger charge is -2.05. The Hall–Kier alpha value is -1.72. The maximum Gasteiger partial charge on any atom is 0.119 e. The number of aryl methyl sites for hydroxylation is 1. The molecule has 1 aromatic carbocycles. The lowest BCUT2D eigenvalue weighted by atomic mass is 10.1. The molecule has 0 heterocycles. The Bertz CT molecular complexity index is 466. The highest BCUT2D eigenvalue weighted by Gasteiger charge is 2.00. The van der Waals surface area contributed by atoms with Gasteiger partial charge in [-0.25, -0.2) is 0 Å². The highest BCUT2D eigenvalue weighted by Crippen LogP contribution is 2.13. The van der Waals surface area contributed by atoms with E-state index in [1.54, 1.807) is 7.11 Å². The minimum absolute atomic E-state index is 0.387. The largest absolute Gasteiger partial charge is 0.497 e. The van der Waals surface area contributed by atoms with Crippen molar-refractivity contribution in [3.63, 3.8) is 0 Å². The van der Waals surface area contributed by atoms with E-state index < -0.39 is 0 Å². The number of rotatable bonds is 6. The van der Waals surface area contributed by atoms with Gasteiger partial charge in [0.2, 0.25) is 0 Å². The van der Waals surface area contributed by atoms with Crippen LogP contribution in [0, 0.1) is 11.8 Å². The van der Waals surface area contributed by atoms with E-state index in [2.05, 4.69) is 24.5 Å². The fourth-order valence-electron chi connectivity index (χ4n) is 1.79. The standard InChI is InChI=1S/C17H22O2/c1-14(2)12-16(18)10-6-4-5-8-15-9-7-11-17(13-15)19-3/h7,9,11,13,16,18H,1,5,8,10,12H2,2-3H3. The molecule has 0 radical (unpaired) electrons. The first-order valence-corrected chi connectivity index (χ1v) is 6.53. The first-order valence-electron chi connectivity index (χ1n) is 6.53. The number of benzene rings is 1. The third-order valence-corrected chi connectivity index (χ3v) is 2.72. The zero-order valence-electron chi connectivity index (χ0n) is 11.8. The third kappa shape index (κ3) is 6.69. The summed E-state index contributed by atoms with van der Waals surface area (Å²) in [6, 6.07) is 8.01. The van der Waals surface area contributed by atoms with Crippen molar-refractivity contribution < 1.29 is 9.84 Å². The molecule has 0 spiro atoms. The molecule has 1 N–H and O–H groups in total. The SMILES string of the molecule is C=C(C)CC(O)CC#CCCc1cccc(OC)c1. The van der Waals surface area contributed by atoms with Crippen molar-refractivity contribution in [2.45, 2.75) is 38.7 Å². The first kappa shape index (κ1) is 15.3. The van der Waals surface area contributed by atoms with Gasteiger partial charge in [-0.1, -0.05) is 17.7 Å². The Morgan fingerprint density at radius 2 is 2.21 bits per heavy atom. The van der Waals surface area contributed by atoms with Gasteiger partial charge in [-0.15, -0.1) is 18.4 Å². The van der Waals surface area contributed by atoms with Gasteiger partial charge in [0.15, 0.2) is 0 Å². The molecule has 2 heteroatoms. The molecule has 2 nitrogen and oxygen atoms in total. The van der Waals surface area contributed by atoms with Crippen LogP contribution in [0.25, 0.3) is 0 Å². The Labute approximate surface area is 116 Å². The zero-order chi connectivity index (χ0) is 14.1. The van der Waals surface area contributed by atoms with Gasteiger partial charge in [0.05, 0.1) is 13.2 Å². The lowest BCUT2D eigenvalue weighted by Crippen LogP contribution is -2.04. The third-order valence-electron chi connectivity index (χ3n) is 2.72. The van der Waals surface area contributed by atoms with Crippen LogP contribution in [0.4, 0.5) is 0 Å². The second-order valence-electron chi connectivity index (χ2n) is 4.72. The van der Waals surface area contributed by atoms with Crippen LogP contribution in [-0.4, -0.2) is 18.3 Å². The van der Waals surface area contributed by atoms with E-state index in [0.29, 0.717) is 12.8 Å². The Morgan fingerprint density at radius 1 is 1.42 bits per heavy atom. The predicted octanol–water partition coefficient (Wildman–Crippen LogP) is 3.35. The predicted molar refractivity (Wildman–Crippen MR) is 79.1 cm³/mol. The topological polar surface area (TPSA) is 29.5 Å². The molecule has 0 saturated heterocycles. The number of hydrogen-bond donors (Lipinski definition) is 1. The van der Waals surface area contributed by atoms with E-state index in [4.69, 9.17) is 4.74 Å². The van der Waals surface area contributed by atoms with Crippen LogP contribution in [0.2, 0.25) is 0 Å². The van der Waals surface area contributed by atoms with Gasteiger partial charge < -0.3 is 9.84 Å². The molecule has 0 saturated carbocycles. The van der Waals surface area contributed by atoms with Crippen LogP contribution in [0.15, 0.2) is 36.4 Å². The summed E-state index contributed by atoms with van der Waals surface area (Å²) >= 11 is 0. The summed E-state index contributed by atoms with van der Waals surface area (Å²) in [5, 5.41) is 9.62. The highest BCUT2D eigenvalue weighted by molar-refractivity contribution is 5.28. The molecule has 1 aromatic rings. The average Bonchev–Trinajstić information content (AvgIpc) is 2.37. The van der Waals surface area contributed by atoms with E-state index >= 15 is 0 Å². The van der Waals surface area contributed by atoms with Gasteiger partial charge in [0, 0.05) is 12.8 Å². The maximum absolute atomic E-state index is 9.62. The second kappa shape index (κ2) is 8.39. The van der Waals surface area contributed by atoms with Crippen molar-refractivity contribution in [3.8, 4) is 17.6 Å². The van der Waals surface area contributed by atoms with Crippen LogP contribution in [0.5, 0.6) is 5.75 Å². The summed E-state index contributed by atoms with van der Waals surface area (Å²) in [5.74, 6) is 6.99. The summed E-state index contributed by atoms with van der Waals surface area (Å²) < 4.78 is 5.17. The second-order valence-corrected chi connectivity index (χ2v) is 4.72. The molecule has 0 aliphatic carbocycles. The molecular weight excluding hydrogens is 236 g/mol.